The second-order valence-electron chi connectivity index (χ2n) is 5.02. The van der Waals surface area contributed by atoms with Crippen molar-refractivity contribution >= 4 is 0 Å². The molecule has 3 heteroatoms. The van der Waals surface area contributed by atoms with Gasteiger partial charge in [0.2, 0.25) is 0 Å². The summed E-state index contributed by atoms with van der Waals surface area (Å²) in [4.78, 5) is 2.05. The molecule has 1 unspecified atom stereocenters. The van der Waals surface area contributed by atoms with Gasteiger partial charge in [-0.15, -0.1) is 0 Å². The fraction of sp³-hybridized carbons (Fsp3) is 0.917. The summed E-state index contributed by atoms with van der Waals surface area (Å²) in [6, 6.07) is 2.17. The number of ether oxygens (including phenoxy) is 1. The van der Waals surface area contributed by atoms with Crippen molar-refractivity contribution in [1.82, 2.24) is 4.90 Å². The van der Waals surface area contributed by atoms with Crippen LogP contribution in [0.15, 0.2) is 0 Å². The predicted octanol–water partition coefficient (Wildman–Crippen LogP) is 1.93. The van der Waals surface area contributed by atoms with Crippen LogP contribution in [0.1, 0.15) is 38.5 Å². The number of likely N-dealkylation sites (N-methyl/N-ethyl adjacent to an activating group) is 1. The molecule has 1 aliphatic heterocycles. The minimum absolute atomic E-state index is 0.234. The molecule has 2 fully saturated rings. The Bertz CT molecular complexity index is 253. The van der Waals surface area contributed by atoms with E-state index in [2.05, 4.69) is 11.0 Å². The van der Waals surface area contributed by atoms with E-state index < -0.39 is 0 Å². The summed E-state index contributed by atoms with van der Waals surface area (Å²) in [6.45, 7) is 1.42. The second kappa shape index (κ2) is 4.51. The molecule has 0 aromatic carbocycles. The molecule has 1 atom stereocenters. The summed E-state index contributed by atoms with van der Waals surface area (Å²) in [5.74, 6) is 0. The van der Waals surface area contributed by atoms with E-state index in [0.717, 1.165) is 6.54 Å². The highest BCUT2D eigenvalue weighted by Gasteiger charge is 2.42. The van der Waals surface area contributed by atoms with Gasteiger partial charge in [0.25, 0.3) is 0 Å². The first kappa shape index (κ1) is 10.9. The molecule has 3 nitrogen and oxygen atoms in total. The molecule has 1 aliphatic carbocycles. The van der Waals surface area contributed by atoms with E-state index in [-0.39, 0.29) is 5.60 Å². The van der Waals surface area contributed by atoms with E-state index in [1.165, 1.54) is 38.5 Å². The molecule has 0 amide bonds. The lowest BCUT2D eigenvalue weighted by Gasteiger charge is -2.25. The number of nitrogens with zero attached hydrogens (tertiary/aromatic N) is 2. The summed E-state index contributed by atoms with van der Waals surface area (Å²) in [7, 11) is 1.99. The molecule has 0 aromatic heterocycles. The van der Waals surface area contributed by atoms with Gasteiger partial charge in [0, 0.05) is 6.54 Å². The standard InChI is InChI=1S/C12H20N2O/c1-14(9-8-13)10-11-4-7-12(15-11)5-2-3-6-12/h11H,2-7,9-10H2,1H3. The van der Waals surface area contributed by atoms with Gasteiger partial charge >= 0.3 is 0 Å². The van der Waals surface area contributed by atoms with Gasteiger partial charge in [-0.3, -0.25) is 4.90 Å². The predicted molar refractivity (Wildman–Crippen MR) is 58.4 cm³/mol. The number of nitriles is 1. The molecular formula is C12H20N2O. The van der Waals surface area contributed by atoms with Crippen molar-refractivity contribution in [2.75, 3.05) is 20.1 Å². The quantitative estimate of drug-likeness (QED) is 0.665. The summed E-state index contributed by atoms with van der Waals surface area (Å²) in [5.41, 5.74) is 0.234. The summed E-state index contributed by atoms with van der Waals surface area (Å²) < 4.78 is 6.18. The minimum atomic E-state index is 0.234. The molecule has 0 aromatic rings. The smallest absolute Gasteiger partial charge is 0.0864 e. The molecule has 0 radical (unpaired) electrons. The summed E-state index contributed by atoms with van der Waals surface area (Å²) >= 11 is 0. The molecule has 2 rings (SSSR count). The average molecular weight is 208 g/mol. The van der Waals surface area contributed by atoms with Crippen LogP contribution in [0.25, 0.3) is 0 Å². The maximum absolute atomic E-state index is 8.58. The number of hydrogen-bond donors (Lipinski definition) is 0. The van der Waals surface area contributed by atoms with Crippen molar-refractivity contribution in [1.29, 1.82) is 5.26 Å². The Hall–Kier alpha value is -0.590. The van der Waals surface area contributed by atoms with Crippen LogP contribution in [-0.4, -0.2) is 36.7 Å². The SMILES string of the molecule is CN(CC#N)CC1CCC2(CCCC2)O1. The number of rotatable bonds is 3. The van der Waals surface area contributed by atoms with Crippen molar-refractivity contribution < 1.29 is 4.74 Å². The van der Waals surface area contributed by atoms with Gasteiger partial charge in [-0.25, -0.2) is 0 Å². The molecule has 1 spiro atoms. The van der Waals surface area contributed by atoms with E-state index >= 15 is 0 Å². The van der Waals surface area contributed by atoms with E-state index in [4.69, 9.17) is 10.00 Å². The zero-order valence-corrected chi connectivity index (χ0v) is 9.54. The lowest BCUT2D eigenvalue weighted by atomic mass is 9.98. The zero-order valence-electron chi connectivity index (χ0n) is 9.54. The highest BCUT2D eigenvalue weighted by molar-refractivity contribution is 4.93. The van der Waals surface area contributed by atoms with E-state index in [9.17, 15) is 0 Å². The topological polar surface area (TPSA) is 36.3 Å². The monoisotopic (exact) mass is 208 g/mol. The first-order valence-corrected chi connectivity index (χ1v) is 5.97. The lowest BCUT2D eigenvalue weighted by Crippen LogP contribution is -2.32. The van der Waals surface area contributed by atoms with E-state index in [0.29, 0.717) is 12.6 Å². The maximum atomic E-state index is 8.58. The Balaban J connectivity index is 1.80. The van der Waals surface area contributed by atoms with Crippen LogP contribution in [0.2, 0.25) is 0 Å². The average Bonchev–Trinajstić information content (AvgIpc) is 2.79. The van der Waals surface area contributed by atoms with Crippen molar-refractivity contribution in [2.45, 2.75) is 50.2 Å². The molecule has 1 heterocycles. The normalized spacial score (nSPS) is 28.7. The minimum Gasteiger partial charge on any atom is -0.370 e. The highest BCUT2D eigenvalue weighted by atomic mass is 16.5. The molecule has 2 aliphatic rings. The Kier molecular flexibility index (Phi) is 3.28. The van der Waals surface area contributed by atoms with Crippen LogP contribution in [-0.2, 0) is 4.74 Å². The van der Waals surface area contributed by atoms with Crippen molar-refractivity contribution in [3.05, 3.63) is 0 Å². The Labute approximate surface area is 92.0 Å². The largest absolute Gasteiger partial charge is 0.370 e. The highest BCUT2D eigenvalue weighted by Crippen LogP contribution is 2.43. The van der Waals surface area contributed by atoms with Gasteiger partial charge in [-0.2, -0.15) is 5.26 Å². The van der Waals surface area contributed by atoms with Crippen LogP contribution >= 0.6 is 0 Å². The molecule has 1 saturated heterocycles. The third kappa shape index (κ3) is 2.50. The van der Waals surface area contributed by atoms with Crippen LogP contribution in [0, 0.1) is 11.3 Å². The summed E-state index contributed by atoms with van der Waals surface area (Å²) in [5, 5.41) is 8.58. The Morgan fingerprint density at radius 1 is 1.40 bits per heavy atom. The van der Waals surface area contributed by atoms with Gasteiger partial charge in [-0.1, -0.05) is 12.8 Å². The second-order valence-corrected chi connectivity index (χ2v) is 5.02. The number of hydrogen-bond acceptors (Lipinski definition) is 3. The first-order chi connectivity index (χ1) is 7.24. The third-order valence-electron chi connectivity index (χ3n) is 3.71. The molecule has 1 saturated carbocycles. The Morgan fingerprint density at radius 2 is 2.13 bits per heavy atom. The molecule has 84 valence electrons. The van der Waals surface area contributed by atoms with Crippen LogP contribution in [0.4, 0.5) is 0 Å². The van der Waals surface area contributed by atoms with Gasteiger partial charge < -0.3 is 4.74 Å². The van der Waals surface area contributed by atoms with E-state index in [1.807, 2.05) is 7.05 Å². The van der Waals surface area contributed by atoms with Crippen molar-refractivity contribution in [3.8, 4) is 6.07 Å². The molecule has 0 N–H and O–H groups in total. The summed E-state index contributed by atoms with van der Waals surface area (Å²) in [6.07, 6.45) is 7.95. The third-order valence-corrected chi connectivity index (χ3v) is 3.71. The van der Waals surface area contributed by atoms with Gasteiger partial charge in [0.05, 0.1) is 24.3 Å². The molecule has 0 bridgehead atoms. The lowest BCUT2D eigenvalue weighted by molar-refractivity contribution is -0.0441. The fourth-order valence-corrected chi connectivity index (χ4v) is 2.94. The van der Waals surface area contributed by atoms with Crippen LogP contribution < -0.4 is 0 Å². The first-order valence-electron chi connectivity index (χ1n) is 5.97. The maximum Gasteiger partial charge on any atom is 0.0864 e. The zero-order chi connectivity index (χ0) is 10.7. The Morgan fingerprint density at radius 3 is 2.80 bits per heavy atom. The van der Waals surface area contributed by atoms with Crippen LogP contribution in [0.3, 0.4) is 0 Å². The van der Waals surface area contributed by atoms with Gasteiger partial charge in [0.15, 0.2) is 0 Å². The van der Waals surface area contributed by atoms with E-state index in [1.54, 1.807) is 0 Å². The van der Waals surface area contributed by atoms with Crippen LogP contribution in [0.5, 0.6) is 0 Å². The van der Waals surface area contributed by atoms with Crippen molar-refractivity contribution in [2.24, 2.45) is 0 Å². The van der Waals surface area contributed by atoms with Gasteiger partial charge in [-0.05, 0) is 32.7 Å². The van der Waals surface area contributed by atoms with Gasteiger partial charge in [0.1, 0.15) is 0 Å². The molecular weight excluding hydrogens is 188 g/mol. The fourth-order valence-electron chi connectivity index (χ4n) is 2.94. The molecule has 15 heavy (non-hydrogen) atoms. The van der Waals surface area contributed by atoms with Crippen molar-refractivity contribution in [3.63, 3.8) is 0 Å².